The Morgan fingerprint density at radius 3 is 1.15 bits per heavy atom. The molecule has 4 nitrogen and oxygen atoms in total. The van der Waals surface area contributed by atoms with Crippen molar-refractivity contribution in [3.05, 3.63) is 105 Å². The minimum Gasteiger partial charge on any atom is -0.456 e. The molecule has 4 aromatic rings. The average Bonchev–Trinajstić information content (AvgIpc) is 2.84. The van der Waals surface area contributed by atoms with Crippen molar-refractivity contribution in [3.63, 3.8) is 0 Å². The number of ether oxygens (including phenoxy) is 2. The fourth-order valence-electron chi connectivity index (χ4n) is 4.44. The minimum atomic E-state index is -5.87. The molecule has 12 heteroatoms. The van der Waals surface area contributed by atoms with E-state index in [1.807, 2.05) is 0 Å². The van der Waals surface area contributed by atoms with Crippen molar-refractivity contribution >= 4 is 34.6 Å². The fourth-order valence-corrected chi connectivity index (χ4v) is 5.05. The van der Waals surface area contributed by atoms with E-state index in [-0.39, 0.29) is 34.1 Å². The van der Waals surface area contributed by atoms with E-state index >= 15 is 0 Å². The zero-order valence-corrected chi connectivity index (χ0v) is 22.9. The molecule has 0 aliphatic carbocycles. The molecule has 0 bridgehead atoms. The maximum Gasteiger partial charge on any atom is 0.411 e. The number of anilines is 2. The molecular weight excluding hydrogens is 593 g/mol. The molecule has 0 radical (unpaired) electrons. The van der Waals surface area contributed by atoms with Gasteiger partial charge in [-0.05, 0) is 96.8 Å². The number of alkyl halides is 6. The lowest BCUT2D eigenvalue weighted by molar-refractivity contribution is -0.288. The average molecular weight is 615 g/mol. The van der Waals surface area contributed by atoms with Crippen LogP contribution in [0, 0.1) is 13.8 Å². The van der Waals surface area contributed by atoms with Crippen LogP contribution in [0.4, 0.5) is 37.7 Å². The third-order valence-electron chi connectivity index (χ3n) is 6.38. The van der Waals surface area contributed by atoms with E-state index in [9.17, 15) is 26.3 Å². The van der Waals surface area contributed by atoms with Crippen LogP contribution in [0.15, 0.2) is 72.8 Å². The summed E-state index contributed by atoms with van der Waals surface area (Å²) < 4.78 is 100. The number of nitrogens with two attached hydrogens (primary N) is 2. The molecule has 0 aromatic heterocycles. The number of halogens is 8. The lowest BCUT2D eigenvalue weighted by Gasteiger charge is -2.39. The highest BCUT2D eigenvalue weighted by Gasteiger charge is 2.72. The molecule has 0 fully saturated rings. The van der Waals surface area contributed by atoms with Gasteiger partial charge >= 0.3 is 12.4 Å². The summed E-state index contributed by atoms with van der Waals surface area (Å²) in [5, 5.41) is -0.915. The Morgan fingerprint density at radius 1 is 0.561 bits per heavy atom. The van der Waals surface area contributed by atoms with E-state index in [4.69, 9.17) is 44.1 Å². The van der Waals surface area contributed by atoms with Crippen molar-refractivity contribution in [2.24, 2.45) is 0 Å². The van der Waals surface area contributed by atoms with Crippen LogP contribution in [-0.4, -0.2) is 12.4 Å². The van der Waals surface area contributed by atoms with Gasteiger partial charge in [-0.15, -0.1) is 0 Å². The molecule has 0 aliphatic heterocycles. The van der Waals surface area contributed by atoms with E-state index in [0.29, 0.717) is 23.5 Å². The van der Waals surface area contributed by atoms with Crippen LogP contribution in [0.3, 0.4) is 0 Å². The predicted octanol–water partition coefficient (Wildman–Crippen LogP) is 9.77. The van der Waals surface area contributed by atoms with E-state index in [2.05, 4.69) is 0 Å². The van der Waals surface area contributed by atoms with Gasteiger partial charge in [-0.1, -0.05) is 35.3 Å². The van der Waals surface area contributed by atoms with Crippen molar-refractivity contribution in [2.75, 3.05) is 11.5 Å². The van der Waals surface area contributed by atoms with Gasteiger partial charge in [0.05, 0.1) is 10.0 Å². The maximum absolute atomic E-state index is 14.8. The second-order valence-electron chi connectivity index (χ2n) is 9.30. The van der Waals surface area contributed by atoms with Crippen molar-refractivity contribution in [3.8, 4) is 23.0 Å². The predicted molar refractivity (Wildman–Crippen MR) is 147 cm³/mol. The highest BCUT2D eigenvalue weighted by atomic mass is 35.5. The molecule has 0 saturated heterocycles. The summed E-state index contributed by atoms with van der Waals surface area (Å²) >= 11 is 12.5. The van der Waals surface area contributed by atoms with Crippen molar-refractivity contribution in [1.29, 1.82) is 0 Å². The number of hydrogen-bond acceptors (Lipinski definition) is 4. The third-order valence-corrected chi connectivity index (χ3v) is 6.94. The first-order valence-electron chi connectivity index (χ1n) is 11.9. The normalized spacial score (nSPS) is 12.3. The number of hydrogen-bond donors (Lipinski definition) is 2. The largest absolute Gasteiger partial charge is 0.456 e. The summed E-state index contributed by atoms with van der Waals surface area (Å²) in [6, 6.07) is 14.7. The zero-order valence-electron chi connectivity index (χ0n) is 21.4. The smallest absolute Gasteiger partial charge is 0.411 e. The first kappa shape index (κ1) is 30.2. The summed E-state index contributed by atoms with van der Waals surface area (Å²) in [7, 11) is 0. The van der Waals surface area contributed by atoms with Gasteiger partial charge in [0.15, 0.2) is 0 Å². The minimum absolute atomic E-state index is 0.0617. The topological polar surface area (TPSA) is 70.5 Å². The Balaban J connectivity index is 1.89. The maximum atomic E-state index is 14.8. The molecule has 0 aliphatic rings. The number of nitrogen functional groups attached to an aromatic ring is 2. The summed E-state index contributed by atoms with van der Waals surface area (Å²) in [4.78, 5) is 0. The lowest BCUT2D eigenvalue weighted by atomic mass is 9.72. The third kappa shape index (κ3) is 5.71. The number of aryl methyl sites for hydroxylation is 2. The zero-order chi connectivity index (χ0) is 30.3. The van der Waals surface area contributed by atoms with Gasteiger partial charge < -0.3 is 20.9 Å². The van der Waals surface area contributed by atoms with Gasteiger partial charge in [0, 0.05) is 11.4 Å². The van der Waals surface area contributed by atoms with Gasteiger partial charge in [0.1, 0.15) is 23.0 Å². The van der Waals surface area contributed by atoms with Crippen LogP contribution in [0.25, 0.3) is 0 Å². The van der Waals surface area contributed by atoms with E-state index in [0.717, 1.165) is 12.1 Å². The molecule has 0 saturated carbocycles. The van der Waals surface area contributed by atoms with E-state index < -0.39 is 38.9 Å². The monoisotopic (exact) mass is 614 g/mol. The second kappa shape index (κ2) is 10.9. The first-order valence-corrected chi connectivity index (χ1v) is 12.6. The van der Waals surface area contributed by atoms with Gasteiger partial charge in [0.2, 0.25) is 5.41 Å². The molecule has 0 unspecified atom stereocenters. The molecule has 0 atom stereocenters. The van der Waals surface area contributed by atoms with Crippen LogP contribution in [0.1, 0.15) is 22.3 Å². The first-order chi connectivity index (χ1) is 19.0. The van der Waals surface area contributed by atoms with Crippen LogP contribution in [-0.2, 0) is 5.41 Å². The fraction of sp³-hybridized carbons (Fsp3) is 0.172. The quantitative estimate of drug-likeness (QED) is 0.167. The van der Waals surface area contributed by atoms with Gasteiger partial charge in [0.25, 0.3) is 0 Å². The number of benzene rings is 4. The van der Waals surface area contributed by atoms with Crippen LogP contribution in [0.2, 0.25) is 10.0 Å². The van der Waals surface area contributed by atoms with E-state index in [1.165, 1.54) is 62.4 Å². The lowest BCUT2D eigenvalue weighted by Crippen LogP contribution is -2.54. The van der Waals surface area contributed by atoms with Gasteiger partial charge in [-0.2, -0.15) is 26.3 Å². The molecule has 0 heterocycles. The SMILES string of the molecule is Cc1cc(C(c2cc(C)c(Oc3ccc(N)cc3)c(Cl)c2)(C(F)(F)F)C(F)(F)F)cc(Cl)c1Oc1ccc(N)cc1. The second-order valence-corrected chi connectivity index (χ2v) is 10.1. The number of rotatable bonds is 6. The highest BCUT2D eigenvalue weighted by molar-refractivity contribution is 6.32. The Kier molecular flexibility index (Phi) is 8.03. The Labute approximate surface area is 241 Å². The highest BCUT2D eigenvalue weighted by Crippen LogP contribution is 2.58. The molecule has 4 N–H and O–H groups in total. The van der Waals surface area contributed by atoms with Crippen LogP contribution < -0.4 is 20.9 Å². The summed E-state index contributed by atoms with van der Waals surface area (Å²) in [5.74, 6) is 0.239. The van der Waals surface area contributed by atoms with Crippen molar-refractivity contribution < 1.29 is 35.8 Å². The van der Waals surface area contributed by atoms with Crippen LogP contribution in [0.5, 0.6) is 23.0 Å². The van der Waals surface area contributed by atoms with E-state index in [1.54, 1.807) is 0 Å². The molecule has 41 heavy (non-hydrogen) atoms. The molecule has 216 valence electrons. The summed E-state index contributed by atoms with van der Waals surface area (Å²) in [6.07, 6.45) is -11.7. The van der Waals surface area contributed by atoms with Crippen molar-refractivity contribution in [1.82, 2.24) is 0 Å². The van der Waals surface area contributed by atoms with Crippen molar-refractivity contribution in [2.45, 2.75) is 31.6 Å². The standard InChI is InChI=1S/C29H22Cl2F6N2O2/c1-15-11-17(13-23(30)25(15)40-21-7-3-19(38)4-8-21)27(28(32,33)34,29(35,36)37)18-12-16(2)26(24(31)14-18)41-22-9-5-20(39)6-10-22/h3-14H,38-39H2,1-2H3. The summed E-state index contributed by atoms with van der Waals surface area (Å²) in [5.41, 5.74) is 5.19. The summed E-state index contributed by atoms with van der Waals surface area (Å²) in [6.45, 7) is 2.59. The molecular formula is C29H22Cl2F6N2O2. The Bertz CT molecular complexity index is 1410. The molecule has 4 rings (SSSR count). The Hall–Kier alpha value is -3.76. The molecule has 0 amide bonds. The molecule has 0 spiro atoms. The molecule has 4 aromatic carbocycles. The Morgan fingerprint density at radius 2 is 0.878 bits per heavy atom. The van der Waals surface area contributed by atoms with Gasteiger partial charge in [-0.25, -0.2) is 0 Å². The van der Waals surface area contributed by atoms with Gasteiger partial charge in [-0.3, -0.25) is 0 Å². The van der Waals surface area contributed by atoms with Crippen LogP contribution >= 0.6 is 23.2 Å².